The summed E-state index contributed by atoms with van der Waals surface area (Å²) in [6.07, 6.45) is 10.4. The quantitative estimate of drug-likeness (QED) is 0.861. The Labute approximate surface area is 114 Å². The molecular formula is C17H20N2. The SMILES string of the molecule is Nc1cnccc1-c1ccc(C2CCCCC2)cc1. The van der Waals surface area contributed by atoms with Gasteiger partial charge in [-0.3, -0.25) is 4.98 Å². The first-order valence-electron chi connectivity index (χ1n) is 7.14. The van der Waals surface area contributed by atoms with Gasteiger partial charge < -0.3 is 5.73 Å². The highest BCUT2D eigenvalue weighted by atomic mass is 14.7. The maximum Gasteiger partial charge on any atom is 0.0580 e. The molecule has 1 aliphatic rings. The van der Waals surface area contributed by atoms with Crippen molar-refractivity contribution in [1.82, 2.24) is 4.98 Å². The Morgan fingerprint density at radius 3 is 2.37 bits per heavy atom. The minimum Gasteiger partial charge on any atom is -0.397 e. The van der Waals surface area contributed by atoms with Crippen LogP contribution in [0.1, 0.15) is 43.6 Å². The highest BCUT2D eigenvalue weighted by Crippen LogP contribution is 2.34. The lowest BCUT2D eigenvalue weighted by atomic mass is 9.84. The fourth-order valence-corrected chi connectivity index (χ4v) is 3.04. The summed E-state index contributed by atoms with van der Waals surface area (Å²) < 4.78 is 0. The molecular weight excluding hydrogens is 232 g/mol. The standard InChI is InChI=1S/C17H20N2/c18-17-12-19-11-10-16(17)15-8-6-14(7-9-15)13-4-2-1-3-5-13/h6-13H,1-5,18H2. The maximum atomic E-state index is 5.97. The molecule has 19 heavy (non-hydrogen) atoms. The highest BCUT2D eigenvalue weighted by Gasteiger charge is 2.15. The minimum absolute atomic E-state index is 0.743. The number of aromatic nitrogens is 1. The topological polar surface area (TPSA) is 38.9 Å². The molecule has 0 saturated heterocycles. The second-order valence-corrected chi connectivity index (χ2v) is 5.42. The van der Waals surface area contributed by atoms with Crippen molar-refractivity contribution in [3.63, 3.8) is 0 Å². The number of nitrogens with zero attached hydrogens (tertiary/aromatic N) is 1. The van der Waals surface area contributed by atoms with Gasteiger partial charge in [0.15, 0.2) is 0 Å². The second kappa shape index (κ2) is 5.43. The summed E-state index contributed by atoms with van der Waals surface area (Å²) in [4.78, 5) is 4.04. The number of rotatable bonds is 2. The van der Waals surface area contributed by atoms with Crippen molar-refractivity contribution < 1.29 is 0 Å². The molecule has 0 aliphatic heterocycles. The van der Waals surface area contributed by atoms with Crippen LogP contribution in [0.25, 0.3) is 11.1 Å². The maximum absolute atomic E-state index is 5.97. The van der Waals surface area contributed by atoms with Crippen molar-refractivity contribution >= 4 is 5.69 Å². The molecule has 2 nitrogen and oxygen atoms in total. The van der Waals surface area contributed by atoms with Crippen molar-refractivity contribution in [2.45, 2.75) is 38.0 Å². The van der Waals surface area contributed by atoms with Gasteiger partial charge in [-0.25, -0.2) is 0 Å². The van der Waals surface area contributed by atoms with Crippen LogP contribution in [0.2, 0.25) is 0 Å². The van der Waals surface area contributed by atoms with Crippen LogP contribution >= 0.6 is 0 Å². The molecule has 2 aromatic rings. The van der Waals surface area contributed by atoms with Crippen molar-refractivity contribution in [3.05, 3.63) is 48.3 Å². The first-order valence-corrected chi connectivity index (χ1v) is 7.14. The van der Waals surface area contributed by atoms with Crippen LogP contribution in [0.15, 0.2) is 42.7 Å². The third kappa shape index (κ3) is 2.62. The Morgan fingerprint density at radius 1 is 0.947 bits per heavy atom. The lowest BCUT2D eigenvalue weighted by Crippen LogP contribution is -2.04. The molecule has 0 amide bonds. The van der Waals surface area contributed by atoms with Crippen molar-refractivity contribution in [3.8, 4) is 11.1 Å². The summed E-state index contributed by atoms with van der Waals surface area (Å²) in [5.74, 6) is 0.762. The Balaban J connectivity index is 1.84. The van der Waals surface area contributed by atoms with Gasteiger partial charge in [-0.05, 0) is 36.0 Å². The summed E-state index contributed by atoms with van der Waals surface area (Å²) >= 11 is 0. The fraction of sp³-hybridized carbons (Fsp3) is 0.353. The molecule has 2 heteroatoms. The third-order valence-corrected chi connectivity index (χ3v) is 4.15. The molecule has 3 rings (SSSR count). The van der Waals surface area contributed by atoms with Crippen LogP contribution in [0.3, 0.4) is 0 Å². The average Bonchev–Trinajstić information content (AvgIpc) is 2.49. The van der Waals surface area contributed by atoms with Crippen LogP contribution in [0.4, 0.5) is 5.69 Å². The molecule has 1 fully saturated rings. The zero-order valence-electron chi connectivity index (χ0n) is 11.2. The molecule has 2 N–H and O–H groups in total. The second-order valence-electron chi connectivity index (χ2n) is 5.42. The lowest BCUT2D eigenvalue weighted by Gasteiger charge is -2.22. The molecule has 1 aromatic heterocycles. The fourth-order valence-electron chi connectivity index (χ4n) is 3.04. The normalized spacial score (nSPS) is 16.4. The third-order valence-electron chi connectivity index (χ3n) is 4.15. The number of anilines is 1. The van der Waals surface area contributed by atoms with Crippen molar-refractivity contribution in [1.29, 1.82) is 0 Å². The smallest absolute Gasteiger partial charge is 0.0580 e. The van der Waals surface area contributed by atoms with Gasteiger partial charge in [0.1, 0.15) is 0 Å². The van der Waals surface area contributed by atoms with Crippen molar-refractivity contribution in [2.75, 3.05) is 5.73 Å². The summed E-state index contributed by atoms with van der Waals surface area (Å²) in [6.45, 7) is 0. The van der Waals surface area contributed by atoms with Gasteiger partial charge in [0.2, 0.25) is 0 Å². The minimum atomic E-state index is 0.743. The Hall–Kier alpha value is -1.83. The lowest BCUT2D eigenvalue weighted by molar-refractivity contribution is 0.443. The number of pyridine rings is 1. The summed E-state index contributed by atoms with van der Waals surface area (Å²) in [7, 11) is 0. The Bertz CT molecular complexity index is 539. The molecule has 1 aliphatic carbocycles. The summed E-state index contributed by atoms with van der Waals surface area (Å²) in [5, 5.41) is 0. The van der Waals surface area contributed by atoms with Gasteiger partial charge in [-0.15, -0.1) is 0 Å². The Kier molecular flexibility index (Phi) is 3.49. The highest BCUT2D eigenvalue weighted by molar-refractivity contribution is 5.75. The molecule has 0 bridgehead atoms. The van der Waals surface area contributed by atoms with Crippen molar-refractivity contribution in [2.24, 2.45) is 0 Å². The number of nitrogens with two attached hydrogens (primary N) is 1. The molecule has 1 heterocycles. The van der Waals surface area contributed by atoms with Gasteiger partial charge >= 0.3 is 0 Å². The molecule has 1 aromatic carbocycles. The van der Waals surface area contributed by atoms with E-state index in [1.54, 1.807) is 12.4 Å². The van der Waals surface area contributed by atoms with E-state index in [1.807, 2.05) is 6.07 Å². The van der Waals surface area contributed by atoms with Gasteiger partial charge in [-0.2, -0.15) is 0 Å². The van der Waals surface area contributed by atoms with E-state index >= 15 is 0 Å². The van der Waals surface area contributed by atoms with Gasteiger partial charge in [0, 0.05) is 11.8 Å². The van der Waals surface area contributed by atoms with Gasteiger partial charge in [0.05, 0.1) is 11.9 Å². The molecule has 0 radical (unpaired) electrons. The van der Waals surface area contributed by atoms with Gasteiger partial charge in [-0.1, -0.05) is 43.5 Å². The molecule has 0 spiro atoms. The summed E-state index contributed by atoms with van der Waals surface area (Å²) in [6, 6.07) is 10.9. The molecule has 1 saturated carbocycles. The number of benzene rings is 1. The van der Waals surface area contributed by atoms with E-state index in [1.165, 1.54) is 43.2 Å². The molecule has 0 atom stereocenters. The van der Waals surface area contributed by atoms with E-state index in [0.717, 1.165) is 17.2 Å². The first kappa shape index (κ1) is 12.2. The first-order chi connectivity index (χ1) is 9.34. The zero-order chi connectivity index (χ0) is 13.1. The van der Waals surface area contributed by atoms with E-state index in [0.29, 0.717) is 0 Å². The van der Waals surface area contributed by atoms with Gasteiger partial charge in [0.25, 0.3) is 0 Å². The Morgan fingerprint density at radius 2 is 1.68 bits per heavy atom. The summed E-state index contributed by atoms with van der Waals surface area (Å²) in [5.41, 5.74) is 10.5. The van der Waals surface area contributed by atoms with Crippen LogP contribution in [0, 0.1) is 0 Å². The van der Waals surface area contributed by atoms with Crippen LogP contribution in [-0.4, -0.2) is 4.98 Å². The van der Waals surface area contributed by atoms with E-state index in [4.69, 9.17) is 5.73 Å². The van der Waals surface area contributed by atoms with Crippen LogP contribution < -0.4 is 5.73 Å². The van der Waals surface area contributed by atoms with Crippen LogP contribution in [-0.2, 0) is 0 Å². The monoisotopic (exact) mass is 252 g/mol. The van der Waals surface area contributed by atoms with Crippen LogP contribution in [0.5, 0.6) is 0 Å². The van der Waals surface area contributed by atoms with E-state index < -0.39 is 0 Å². The average molecular weight is 252 g/mol. The molecule has 98 valence electrons. The predicted octanol–water partition coefficient (Wildman–Crippen LogP) is 4.38. The number of hydrogen-bond acceptors (Lipinski definition) is 2. The largest absolute Gasteiger partial charge is 0.397 e. The number of hydrogen-bond donors (Lipinski definition) is 1. The zero-order valence-corrected chi connectivity index (χ0v) is 11.2. The van der Waals surface area contributed by atoms with E-state index in [-0.39, 0.29) is 0 Å². The van der Waals surface area contributed by atoms with E-state index in [2.05, 4.69) is 29.2 Å². The van der Waals surface area contributed by atoms with E-state index in [9.17, 15) is 0 Å². The predicted molar refractivity (Wildman–Crippen MR) is 79.9 cm³/mol. The molecule has 0 unspecified atom stereocenters. The number of nitrogen functional groups attached to an aromatic ring is 1.